The predicted octanol–water partition coefficient (Wildman–Crippen LogP) is 5.30. The largest absolute Gasteiger partial charge is 0.436 e. The van der Waals surface area contributed by atoms with Gasteiger partial charge in [-0.3, -0.25) is 0 Å². The van der Waals surface area contributed by atoms with Gasteiger partial charge in [-0.2, -0.15) is 0 Å². The number of hydrogen-bond donors (Lipinski definition) is 0. The van der Waals surface area contributed by atoms with Gasteiger partial charge in [0.1, 0.15) is 5.52 Å². The summed E-state index contributed by atoms with van der Waals surface area (Å²) in [5.74, 6) is 0.619. The van der Waals surface area contributed by atoms with Crippen LogP contribution in [0.2, 0.25) is 5.02 Å². The molecule has 0 bridgehead atoms. The molecule has 0 unspecified atom stereocenters. The van der Waals surface area contributed by atoms with Crippen LogP contribution in [-0.4, -0.2) is 4.98 Å². The third kappa shape index (κ3) is 1.69. The van der Waals surface area contributed by atoms with E-state index in [1.807, 2.05) is 60.7 Å². The summed E-state index contributed by atoms with van der Waals surface area (Å²) in [6.07, 6.45) is 0. The lowest BCUT2D eigenvalue weighted by atomic mass is 10.1. The van der Waals surface area contributed by atoms with Crippen molar-refractivity contribution in [3.8, 4) is 11.5 Å². The number of rotatable bonds is 1. The lowest BCUT2D eigenvalue weighted by Gasteiger charge is -1.99. The molecule has 4 rings (SSSR count). The van der Waals surface area contributed by atoms with E-state index in [2.05, 4.69) is 4.98 Å². The Bertz CT molecular complexity index is 912. The number of halogens is 1. The number of benzene rings is 3. The van der Waals surface area contributed by atoms with Gasteiger partial charge in [0, 0.05) is 22.4 Å². The van der Waals surface area contributed by atoms with Gasteiger partial charge in [-0.1, -0.05) is 54.1 Å². The van der Waals surface area contributed by atoms with Crippen LogP contribution in [0, 0.1) is 0 Å². The molecular weight excluding hydrogens is 270 g/mol. The van der Waals surface area contributed by atoms with Crippen molar-refractivity contribution in [2.45, 2.75) is 0 Å². The van der Waals surface area contributed by atoms with Gasteiger partial charge >= 0.3 is 0 Å². The maximum atomic E-state index is 6.30. The molecule has 0 spiro atoms. The van der Waals surface area contributed by atoms with Crippen molar-refractivity contribution in [1.29, 1.82) is 0 Å². The minimum atomic E-state index is 0.619. The monoisotopic (exact) mass is 279 g/mol. The van der Waals surface area contributed by atoms with E-state index in [4.69, 9.17) is 16.0 Å². The summed E-state index contributed by atoms with van der Waals surface area (Å²) in [6, 6.07) is 19.7. The summed E-state index contributed by atoms with van der Waals surface area (Å²) in [6.45, 7) is 0. The van der Waals surface area contributed by atoms with Gasteiger partial charge < -0.3 is 4.42 Å². The van der Waals surface area contributed by atoms with E-state index in [-0.39, 0.29) is 0 Å². The second kappa shape index (κ2) is 4.36. The van der Waals surface area contributed by atoms with Crippen LogP contribution in [0.4, 0.5) is 0 Å². The molecule has 0 aliphatic heterocycles. The molecule has 0 aliphatic carbocycles. The molecule has 1 heterocycles. The molecule has 1 aromatic heterocycles. The summed E-state index contributed by atoms with van der Waals surface area (Å²) < 4.78 is 5.85. The molecular formula is C17H10ClNO. The van der Waals surface area contributed by atoms with Crippen LogP contribution in [0.25, 0.3) is 33.3 Å². The summed E-state index contributed by atoms with van der Waals surface area (Å²) >= 11 is 6.30. The molecule has 0 saturated carbocycles. The highest BCUT2D eigenvalue weighted by Gasteiger charge is 2.12. The van der Waals surface area contributed by atoms with Crippen molar-refractivity contribution in [2.24, 2.45) is 0 Å². The normalized spacial score (nSPS) is 11.2. The van der Waals surface area contributed by atoms with Crippen molar-refractivity contribution >= 4 is 33.5 Å². The van der Waals surface area contributed by atoms with Crippen LogP contribution in [0.1, 0.15) is 0 Å². The van der Waals surface area contributed by atoms with Crippen LogP contribution >= 0.6 is 11.6 Å². The quantitative estimate of drug-likeness (QED) is 0.472. The zero-order valence-corrected chi connectivity index (χ0v) is 11.3. The maximum absolute atomic E-state index is 6.30. The third-order valence-electron chi connectivity index (χ3n) is 3.37. The van der Waals surface area contributed by atoms with E-state index in [0.717, 1.165) is 21.9 Å². The molecule has 0 radical (unpaired) electrons. The van der Waals surface area contributed by atoms with Gasteiger partial charge in [0.15, 0.2) is 5.58 Å². The molecule has 3 aromatic carbocycles. The SMILES string of the molecule is Clc1cc2oc(-c3ccccc3)nc2c2ccccc12. The summed E-state index contributed by atoms with van der Waals surface area (Å²) in [4.78, 5) is 4.63. The first-order valence-electron chi connectivity index (χ1n) is 6.36. The lowest BCUT2D eigenvalue weighted by molar-refractivity contribution is 0.620. The van der Waals surface area contributed by atoms with E-state index in [9.17, 15) is 0 Å². The Kier molecular flexibility index (Phi) is 2.51. The van der Waals surface area contributed by atoms with E-state index in [1.165, 1.54) is 0 Å². The molecule has 96 valence electrons. The average molecular weight is 280 g/mol. The minimum absolute atomic E-state index is 0.619. The first kappa shape index (κ1) is 11.5. The Morgan fingerprint density at radius 2 is 1.55 bits per heavy atom. The summed E-state index contributed by atoms with van der Waals surface area (Å²) in [5, 5.41) is 2.69. The van der Waals surface area contributed by atoms with Crippen LogP contribution in [0.5, 0.6) is 0 Å². The van der Waals surface area contributed by atoms with Gasteiger partial charge in [-0.05, 0) is 12.1 Å². The van der Waals surface area contributed by atoms with E-state index < -0.39 is 0 Å². The third-order valence-corrected chi connectivity index (χ3v) is 3.68. The van der Waals surface area contributed by atoms with Crippen molar-refractivity contribution in [3.05, 3.63) is 65.7 Å². The number of aromatic nitrogens is 1. The molecule has 20 heavy (non-hydrogen) atoms. The number of hydrogen-bond acceptors (Lipinski definition) is 2. The topological polar surface area (TPSA) is 26.0 Å². The first-order valence-corrected chi connectivity index (χ1v) is 6.74. The molecule has 2 nitrogen and oxygen atoms in total. The second-order valence-corrected chi connectivity index (χ2v) is 5.04. The zero-order chi connectivity index (χ0) is 13.5. The molecule has 0 aliphatic rings. The molecule has 4 aromatic rings. The molecule has 3 heteroatoms. The minimum Gasteiger partial charge on any atom is -0.436 e. The summed E-state index contributed by atoms with van der Waals surface area (Å²) in [5.41, 5.74) is 2.53. The van der Waals surface area contributed by atoms with E-state index in [0.29, 0.717) is 16.5 Å². The van der Waals surface area contributed by atoms with Crippen LogP contribution in [-0.2, 0) is 0 Å². The van der Waals surface area contributed by atoms with Crippen LogP contribution in [0.3, 0.4) is 0 Å². The fraction of sp³-hybridized carbons (Fsp3) is 0. The molecule has 0 saturated heterocycles. The average Bonchev–Trinajstić information content (AvgIpc) is 2.93. The van der Waals surface area contributed by atoms with Crippen molar-refractivity contribution < 1.29 is 4.42 Å². The van der Waals surface area contributed by atoms with E-state index >= 15 is 0 Å². The fourth-order valence-electron chi connectivity index (χ4n) is 2.42. The Morgan fingerprint density at radius 1 is 0.850 bits per heavy atom. The Labute approximate surface area is 120 Å². The maximum Gasteiger partial charge on any atom is 0.227 e. The van der Waals surface area contributed by atoms with E-state index in [1.54, 1.807) is 0 Å². The predicted molar refractivity (Wildman–Crippen MR) is 82.0 cm³/mol. The number of nitrogens with zero attached hydrogens (tertiary/aromatic N) is 1. The Hall–Kier alpha value is -2.32. The van der Waals surface area contributed by atoms with Gasteiger partial charge in [0.2, 0.25) is 5.89 Å². The van der Waals surface area contributed by atoms with Crippen molar-refractivity contribution in [1.82, 2.24) is 4.98 Å². The van der Waals surface area contributed by atoms with Gasteiger partial charge in [-0.25, -0.2) is 4.98 Å². The van der Waals surface area contributed by atoms with Crippen LogP contribution < -0.4 is 0 Å². The zero-order valence-electron chi connectivity index (χ0n) is 10.5. The Balaban J connectivity index is 2.07. The van der Waals surface area contributed by atoms with Gasteiger partial charge in [-0.15, -0.1) is 0 Å². The highest BCUT2D eigenvalue weighted by Crippen LogP contribution is 2.33. The fourth-order valence-corrected chi connectivity index (χ4v) is 2.68. The molecule has 0 N–H and O–H groups in total. The summed E-state index contributed by atoms with van der Waals surface area (Å²) in [7, 11) is 0. The van der Waals surface area contributed by atoms with Crippen LogP contribution in [0.15, 0.2) is 65.1 Å². The standard InChI is InChI=1S/C17H10ClNO/c18-14-10-15-16(13-9-5-4-8-12(13)14)19-17(20-15)11-6-2-1-3-7-11/h1-10H. The smallest absolute Gasteiger partial charge is 0.227 e. The Morgan fingerprint density at radius 3 is 2.35 bits per heavy atom. The van der Waals surface area contributed by atoms with Gasteiger partial charge in [0.05, 0.1) is 5.02 Å². The second-order valence-electron chi connectivity index (χ2n) is 4.64. The first-order chi connectivity index (χ1) is 9.83. The highest BCUT2D eigenvalue weighted by atomic mass is 35.5. The molecule has 0 amide bonds. The lowest BCUT2D eigenvalue weighted by Crippen LogP contribution is -1.78. The molecule has 0 fully saturated rings. The van der Waals surface area contributed by atoms with Crippen molar-refractivity contribution in [3.63, 3.8) is 0 Å². The number of oxazole rings is 1. The molecule has 0 atom stereocenters. The number of fused-ring (bicyclic) bond motifs is 3. The van der Waals surface area contributed by atoms with Gasteiger partial charge in [0.25, 0.3) is 0 Å². The highest BCUT2D eigenvalue weighted by molar-refractivity contribution is 6.37. The van der Waals surface area contributed by atoms with Crippen molar-refractivity contribution in [2.75, 3.05) is 0 Å².